The number of benzene rings is 3. The molecule has 5 rings (SSSR count). The first kappa shape index (κ1) is 30.0. The first-order valence-electron chi connectivity index (χ1n) is 13.3. The van der Waals surface area contributed by atoms with E-state index in [4.69, 9.17) is 0 Å². The van der Waals surface area contributed by atoms with Gasteiger partial charge in [-0.2, -0.15) is 0 Å². The highest BCUT2D eigenvalue weighted by Crippen LogP contribution is 2.47. The van der Waals surface area contributed by atoms with E-state index in [9.17, 15) is 39.1 Å². The van der Waals surface area contributed by atoms with Crippen molar-refractivity contribution < 1.29 is 39.1 Å². The van der Waals surface area contributed by atoms with Crippen molar-refractivity contribution in [3.8, 4) is 0 Å². The van der Waals surface area contributed by atoms with Crippen LogP contribution in [-0.4, -0.2) is 66.2 Å². The number of hydrogen-bond donors (Lipinski definition) is 5. The standard InChI is InChI=1S/C30H31F2NO6S2/c31-18-5-1-16(2-6-18)23(35)14-13-22-25(33(29(22)39)20-9-7-19(32)8-10-20)17-3-11-21(12-4-17)40-30-28(38)27(37)26(36)24(15-34)41-30/h1-12,22-28,30,34-38H,13-15H2/t22-,23+,24-,25-,26-,27+,28-,30-/m1/s1. The lowest BCUT2D eigenvalue weighted by atomic mass is 9.78. The van der Waals surface area contributed by atoms with E-state index in [1.165, 1.54) is 59.9 Å². The lowest BCUT2D eigenvalue weighted by Gasteiger charge is -2.48. The molecule has 5 N–H and O–H groups in total. The molecule has 0 aliphatic carbocycles. The fraction of sp³-hybridized carbons (Fsp3) is 0.367. The van der Waals surface area contributed by atoms with Gasteiger partial charge in [0, 0.05) is 10.6 Å². The Bertz CT molecular complexity index is 1330. The maximum atomic E-state index is 13.6. The van der Waals surface area contributed by atoms with Gasteiger partial charge in [0.2, 0.25) is 5.91 Å². The molecule has 0 saturated carbocycles. The maximum Gasteiger partial charge on any atom is 0.233 e. The summed E-state index contributed by atoms with van der Waals surface area (Å²) in [6.45, 7) is -0.336. The summed E-state index contributed by atoms with van der Waals surface area (Å²) in [5, 5.41) is 50.3. The zero-order valence-electron chi connectivity index (χ0n) is 21.8. The summed E-state index contributed by atoms with van der Waals surface area (Å²) in [4.78, 5) is 15.7. The highest BCUT2D eigenvalue weighted by molar-refractivity contribution is 8.17. The van der Waals surface area contributed by atoms with Gasteiger partial charge < -0.3 is 30.4 Å². The van der Waals surface area contributed by atoms with E-state index in [-0.39, 0.29) is 18.6 Å². The molecule has 218 valence electrons. The van der Waals surface area contributed by atoms with Crippen molar-refractivity contribution in [1.29, 1.82) is 0 Å². The molecule has 2 saturated heterocycles. The van der Waals surface area contributed by atoms with Crippen LogP contribution in [0.25, 0.3) is 0 Å². The van der Waals surface area contributed by atoms with Gasteiger partial charge in [0.1, 0.15) is 23.8 Å². The van der Waals surface area contributed by atoms with Crippen LogP contribution in [0.2, 0.25) is 0 Å². The summed E-state index contributed by atoms with van der Waals surface area (Å²) in [7, 11) is 0. The first-order valence-corrected chi connectivity index (χ1v) is 15.1. The van der Waals surface area contributed by atoms with E-state index >= 15 is 0 Å². The van der Waals surface area contributed by atoms with Crippen LogP contribution in [0, 0.1) is 17.6 Å². The van der Waals surface area contributed by atoms with Crippen molar-refractivity contribution in [2.75, 3.05) is 11.5 Å². The van der Waals surface area contributed by atoms with Crippen LogP contribution in [0.15, 0.2) is 77.7 Å². The summed E-state index contributed by atoms with van der Waals surface area (Å²) < 4.78 is 26.4. The average molecular weight is 604 g/mol. The molecule has 7 nitrogen and oxygen atoms in total. The van der Waals surface area contributed by atoms with Gasteiger partial charge in [-0.3, -0.25) is 4.79 Å². The number of carbonyl (C=O) groups is 1. The van der Waals surface area contributed by atoms with Crippen LogP contribution in [0.1, 0.15) is 36.1 Å². The second kappa shape index (κ2) is 12.8. The van der Waals surface area contributed by atoms with E-state index in [0.29, 0.717) is 24.1 Å². The number of anilines is 1. The van der Waals surface area contributed by atoms with Crippen LogP contribution in [-0.2, 0) is 4.79 Å². The van der Waals surface area contributed by atoms with E-state index in [1.54, 1.807) is 17.0 Å². The lowest BCUT2D eigenvalue weighted by Crippen LogP contribution is -2.55. The van der Waals surface area contributed by atoms with Crippen molar-refractivity contribution >= 4 is 35.1 Å². The molecule has 11 heteroatoms. The zero-order valence-corrected chi connectivity index (χ0v) is 23.5. The number of halogens is 2. The van der Waals surface area contributed by atoms with Crippen LogP contribution < -0.4 is 4.90 Å². The molecule has 2 aliphatic heterocycles. The molecule has 1 amide bonds. The number of β-lactam (4-membered cyclic amide) rings is 1. The molecule has 0 radical (unpaired) electrons. The highest BCUT2D eigenvalue weighted by atomic mass is 32.2. The Labute approximate surface area is 244 Å². The Kier molecular flexibility index (Phi) is 9.34. The summed E-state index contributed by atoms with van der Waals surface area (Å²) in [6, 6.07) is 18.3. The second-order valence-corrected chi connectivity index (χ2v) is 13.2. The molecule has 3 aromatic carbocycles. The minimum atomic E-state index is -1.37. The van der Waals surface area contributed by atoms with E-state index in [0.717, 1.165) is 10.5 Å². The molecule has 2 heterocycles. The van der Waals surface area contributed by atoms with Crippen LogP contribution in [0.5, 0.6) is 0 Å². The minimum absolute atomic E-state index is 0.143. The van der Waals surface area contributed by atoms with Crippen LogP contribution >= 0.6 is 23.5 Å². The molecule has 0 aromatic heterocycles. The monoisotopic (exact) mass is 603 g/mol. The fourth-order valence-corrected chi connectivity index (χ4v) is 8.25. The third kappa shape index (κ3) is 6.31. The van der Waals surface area contributed by atoms with E-state index < -0.39 is 51.8 Å². The molecule has 41 heavy (non-hydrogen) atoms. The van der Waals surface area contributed by atoms with Crippen molar-refractivity contribution in [3.63, 3.8) is 0 Å². The van der Waals surface area contributed by atoms with Gasteiger partial charge in [-0.25, -0.2) is 8.78 Å². The Morgan fingerprint density at radius 2 is 1.46 bits per heavy atom. The second-order valence-electron chi connectivity index (χ2n) is 10.3. The third-order valence-corrected chi connectivity index (χ3v) is 10.6. The fourth-order valence-electron chi connectivity index (χ4n) is 5.33. The smallest absolute Gasteiger partial charge is 0.233 e. The first-order chi connectivity index (χ1) is 19.7. The normalized spacial score (nSPS) is 28.8. The molecular formula is C30H31F2NO6S2. The van der Waals surface area contributed by atoms with Gasteiger partial charge in [-0.05, 0) is 72.5 Å². The summed E-state index contributed by atoms with van der Waals surface area (Å²) in [5.74, 6) is -1.39. The molecule has 2 fully saturated rings. The predicted molar refractivity (Wildman–Crippen MR) is 153 cm³/mol. The predicted octanol–water partition coefficient (Wildman–Crippen LogP) is 3.79. The quantitative estimate of drug-likeness (QED) is 0.234. The Balaban J connectivity index is 1.33. The zero-order chi connectivity index (χ0) is 29.3. The number of rotatable bonds is 9. The summed E-state index contributed by atoms with van der Waals surface area (Å²) >= 11 is 2.51. The average Bonchev–Trinajstić information content (AvgIpc) is 2.98. The van der Waals surface area contributed by atoms with Crippen molar-refractivity contribution in [1.82, 2.24) is 0 Å². The van der Waals surface area contributed by atoms with Crippen LogP contribution in [0.4, 0.5) is 14.5 Å². The van der Waals surface area contributed by atoms with Crippen molar-refractivity contribution in [2.24, 2.45) is 5.92 Å². The topological polar surface area (TPSA) is 121 Å². The SMILES string of the molecule is O=C1[C@H](CC[C@H](O)c2ccc(F)cc2)[C@@H](c2ccc(S[C@@H]3S[C@H](CO)[C@@H](O)[C@H](O)[C@H]3O)cc2)N1c1ccc(F)cc1. The molecule has 0 spiro atoms. The van der Waals surface area contributed by atoms with Crippen molar-refractivity contribution in [3.05, 3.63) is 95.6 Å². The van der Waals surface area contributed by atoms with Gasteiger partial charge >= 0.3 is 0 Å². The minimum Gasteiger partial charge on any atom is -0.395 e. The van der Waals surface area contributed by atoms with Crippen molar-refractivity contribution in [2.45, 2.75) is 58.0 Å². The van der Waals surface area contributed by atoms with Gasteiger partial charge in [-0.15, -0.1) is 23.5 Å². The van der Waals surface area contributed by atoms with Gasteiger partial charge in [-0.1, -0.05) is 24.3 Å². The lowest BCUT2D eigenvalue weighted by molar-refractivity contribution is -0.131. The number of aliphatic hydroxyl groups excluding tert-OH is 5. The Morgan fingerprint density at radius 3 is 2.07 bits per heavy atom. The number of nitrogens with zero attached hydrogens (tertiary/aromatic N) is 1. The summed E-state index contributed by atoms with van der Waals surface area (Å²) in [6.07, 6.45) is -3.99. The molecule has 0 unspecified atom stereocenters. The highest BCUT2D eigenvalue weighted by Gasteiger charge is 2.48. The maximum absolute atomic E-state index is 13.6. The Hall–Kier alpha value is -2.51. The summed E-state index contributed by atoms with van der Waals surface area (Å²) in [5.41, 5.74) is 1.95. The number of carbonyl (C=O) groups excluding carboxylic acids is 1. The van der Waals surface area contributed by atoms with Gasteiger partial charge in [0.25, 0.3) is 0 Å². The number of aliphatic hydroxyl groups is 5. The Morgan fingerprint density at radius 1 is 0.854 bits per heavy atom. The largest absolute Gasteiger partial charge is 0.395 e. The van der Waals surface area contributed by atoms with E-state index in [1.807, 2.05) is 24.3 Å². The number of thioether (sulfide) groups is 2. The molecule has 8 atom stereocenters. The number of hydrogen-bond acceptors (Lipinski definition) is 8. The molecule has 3 aromatic rings. The number of amides is 1. The van der Waals surface area contributed by atoms with Crippen LogP contribution in [0.3, 0.4) is 0 Å². The molecular weight excluding hydrogens is 572 g/mol. The molecule has 0 bridgehead atoms. The molecule has 2 aliphatic rings. The van der Waals surface area contributed by atoms with E-state index in [2.05, 4.69) is 0 Å². The third-order valence-electron chi connectivity index (χ3n) is 7.65. The van der Waals surface area contributed by atoms with Gasteiger partial charge in [0.05, 0.1) is 40.6 Å². The van der Waals surface area contributed by atoms with Gasteiger partial charge in [0.15, 0.2) is 0 Å².